The molecule has 3 rings (SSSR count). The predicted molar refractivity (Wildman–Crippen MR) is 98.5 cm³/mol. The third-order valence-electron chi connectivity index (χ3n) is 5.21. The van der Waals surface area contributed by atoms with Crippen molar-refractivity contribution in [1.29, 1.82) is 0 Å². The van der Waals surface area contributed by atoms with E-state index in [-0.39, 0.29) is 24.7 Å². The molecular weight excluding hydrogens is 376 g/mol. The summed E-state index contributed by atoms with van der Waals surface area (Å²) in [6.07, 6.45) is 0.750. The Bertz CT molecular complexity index is 816. The van der Waals surface area contributed by atoms with Crippen molar-refractivity contribution < 1.29 is 22.2 Å². The van der Waals surface area contributed by atoms with Crippen molar-refractivity contribution >= 4 is 26.7 Å². The molecule has 1 aromatic carbocycles. The number of sulfonamides is 1. The number of amides is 1. The summed E-state index contributed by atoms with van der Waals surface area (Å²) in [6.45, 7) is 3.02. The van der Waals surface area contributed by atoms with Gasteiger partial charge in [0.15, 0.2) is 0 Å². The minimum Gasteiger partial charge on any atom is -0.383 e. The molecule has 0 radical (unpaired) electrons. The van der Waals surface area contributed by atoms with E-state index in [0.717, 1.165) is 0 Å². The number of methoxy groups -OCH3 is 1. The lowest BCUT2D eigenvalue weighted by Crippen LogP contribution is -2.56. The summed E-state index contributed by atoms with van der Waals surface area (Å²) in [5.74, 6) is -0.135. The van der Waals surface area contributed by atoms with Gasteiger partial charge in [0, 0.05) is 26.7 Å². The molecule has 7 nitrogen and oxygen atoms in total. The maximum atomic E-state index is 13.0. The zero-order chi connectivity index (χ0) is 18.9. The van der Waals surface area contributed by atoms with Crippen molar-refractivity contribution in [2.24, 2.45) is 0 Å². The maximum absolute atomic E-state index is 13.0. The third kappa shape index (κ3) is 3.21. The fourth-order valence-electron chi connectivity index (χ4n) is 3.74. The van der Waals surface area contributed by atoms with E-state index in [0.29, 0.717) is 36.5 Å². The Morgan fingerprint density at radius 1 is 1.23 bits per heavy atom. The highest BCUT2D eigenvalue weighted by atomic mass is 32.2. The highest BCUT2D eigenvalue weighted by Crippen LogP contribution is 2.38. The van der Waals surface area contributed by atoms with Crippen LogP contribution in [-0.4, -0.2) is 71.7 Å². The molecule has 1 amide bonds. The second kappa shape index (κ2) is 7.38. The molecule has 2 aliphatic heterocycles. The Hall–Kier alpha value is -1.29. The number of hydrogen-bond acceptors (Lipinski definition) is 5. The fraction of sp³-hybridized carbons (Fsp3) is 0.588. The Morgan fingerprint density at radius 3 is 2.50 bits per heavy atom. The molecule has 1 spiro atoms. The Balaban J connectivity index is 1.81. The van der Waals surface area contributed by atoms with Gasteiger partial charge >= 0.3 is 0 Å². The smallest absolute Gasteiger partial charge is 0.243 e. The van der Waals surface area contributed by atoms with Gasteiger partial charge in [0.25, 0.3) is 0 Å². The van der Waals surface area contributed by atoms with E-state index < -0.39 is 25.7 Å². The molecule has 144 valence electrons. The second-order valence-corrected chi connectivity index (χ2v) is 10.3. The number of hydrogen-bond donors (Lipinski definition) is 0. The lowest BCUT2D eigenvalue weighted by atomic mass is 10.0. The van der Waals surface area contributed by atoms with Gasteiger partial charge in [-0.25, -0.2) is 8.42 Å². The molecule has 2 aliphatic rings. The minimum absolute atomic E-state index is 0.00819. The van der Waals surface area contributed by atoms with Crippen LogP contribution in [0.4, 0.5) is 0 Å². The molecule has 1 atom stereocenters. The van der Waals surface area contributed by atoms with Gasteiger partial charge in [0.1, 0.15) is 10.6 Å². The summed E-state index contributed by atoms with van der Waals surface area (Å²) in [4.78, 5) is 13.4. The summed E-state index contributed by atoms with van der Waals surface area (Å²) in [7, 11) is -3.36. The summed E-state index contributed by atoms with van der Waals surface area (Å²) < 4.78 is 45.1. The van der Waals surface area contributed by atoms with Crippen molar-refractivity contribution in [3.8, 4) is 0 Å². The van der Waals surface area contributed by atoms with E-state index in [4.69, 9.17) is 4.74 Å². The normalized spacial score (nSPS) is 23.7. The molecule has 2 fully saturated rings. The molecule has 1 unspecified atom stereocenters. The monoisotopic (exact) mass is 400 g/mol. The zero-order valence-corrected chi connectivity index (χ0v) is 16.6. The fourth-order valence-corrected chi connectivity index (χ4v) is 7.14. The average molecular weight is 401 g/mol. The van der Waals surface area contributed by atoms with Crippen LogP contribution in [0.2, 0.25) is 0 Å². The molecule has 9 heteroatoms. The second-order valence-electron chi connectivity index (χ2n) is 6.64. The average Bonchev–Trinajstić information content (AvgIpc) is 2.83. The lowest BCUT2D eigenvalue weighted by Gasteiger charge is -2.43. The molecule has 0 N–H and O–H groups in total. The number of carbonyl (C=O) groups is 1. The Morgan fingerprint density at radius 2 is 1.88 bits per heavy atom. The standard InChI is InChI=1S/C17H24N2O5S2/c1-14-5-3-4-6-15(14)26(22,23)18-9-7-17(8-10-18)19(11-12-24-2)16(20)13-25(17)21/h3-6H,7-13H2,1-2H3. The van der Waals surface area contributed by atoms with Crippen molar-refractivity contribution in [3.05, 3.63) is 29.8 Å². The number of carbonyl (C=O) groups excluding carboxylic acids is 1. The summed E-state index contributed by atoms with van der Waals surface area (Å²) in [5, 5.41) is 0. The molecule has 0 aromatic heterocycles. The highest BCUT2D eigenvalue weighted by Gasteiger charge is 2.53. The number of aryl methyl sites for hydroxylation is 1. The highest BCUT2D eigenvalue weighted by molar-refractivity contribution is 7.89. The molecule has 2 heterocycles. The molecule has 0 aliphatic carbocycles. The molecule has 0 saturated carbocycles. The van der Waals surface area contributed by atoms with Gasteiger partial charge in [-0.15, -0.1) is 0 Å². The first-order valence-corrected chi connectivity index (χ1v) is 11.3. The van der Waals surface area contributed by atoms with E-state index >= 15 is 0 Å². The third-order valence-corrected chi connectivity index (χ3v) is 9.25. The SMILES string of the molecule is COCCN1C(=O)CS(=O)C12CCN(S(=O)(=O)c1ccccc1C)CC2. The minimum atomic E-state index is -3.60. The van der Waals surface area contributed by atoms with Gasteiger partial charge in [0.2, 0.25) is 15.9 Å². The number of benzene rings is 1. The number of nitrogens with zero attached hydrogens (tertiary/aromatic N) is 2. The van der Waals surface area contributed by atoms with Gasteiger partial charge in [-0.05, 0) is 31.4 Å². The van der Waals surface area contributed by atoms with Crippen LogP contribution in [0.25, 0.3) is 0 Å². The summed E-state index contributed by atoms with van der Waals surface area (Å²) >= 11 is 0. The van der Waals surface area contributed by atoms with Crippen molar-refractivity contribution in [2.45, 2.75) is 29.5 Å². The quantitative estimate of drug-likeness (QED) is 0.727. The van der Waals surface area contributed by atoms with E-state index in [2.05, 4.69) is 0 Å². The number of ether oxygens (including phenoxy) is 1. The van der Waals surface area contributed by atoms with Crippen LogP contribution in [0.15, 0.2) is 29.2 Å². The topological polar surface area (TPSA) is 84.0 Å². The molecule has 0 bridgehead atoms. The van der Waals surface area contributed by atoms with Crippen molar-refractivity contribution in [2.75, 3.05) is 39.1 Å². The van der Waals surface area contributed by atoms with Gasteiger partial charge in [0.05, 0.1) is 22.3 Å². The van der Waals surface area contributed by atoms with Crippen LogP contribution < -0.4 is 0 Å². The van der Waals surface area contributed by atoms with Crippen LogP contribution in [0.1, 0.15) is 18.4 Å². The Kier molecular flexibility index (Phi) is 5.53. The first kappa shape index (κ1) is 19.5. The van der Waals surface area contributed by atoms with Crippen molar-refractivity contribution in [1.82, 2.24) is 9.21 Å². The van der Waals surface area contributed by atoms with Crippen LogP contribution in [-0.2, 0) is 30.4 Å². The van der Waals surface area contributed by atoms with Crippen LogP contribution in [0.5, 0.6) is 0 Å². The van der Waals surface area contributed by atoms with Gasteiger partial charge in [-0.1, -0.05) is 18.2 Å². The summed E-state index contributed by atoms with van der Waals surface area (Å²) in [5.41, 5.74) is 0.703. The first-order valence-electron chi connectivity index (χ1n) is 8.56. The molecule has 1 aromatic rings. The largest absolute Gasteiger partial charge is 0.383 e. The van der Waals surface area contributed by atoms with E-state index in [9.17, 15) is 17.4 Å². The predicted octanol–water partition coefficient (Wildman–Crippen LogP) is 0.713. The molecule has 2 saturated heterocycles. The summed E-state index contributed by atoms with van der Waals surface area (Å²) in [6, 6.07) is 6.90. The van der Waals surface area contributed by atoms with E-state index in [1.54, 1.807) is 43.2 Å². The van der Waals surface area contributed by atoms with Crippen LogP contribution >= 0.6 is 0 Å². The molecular formula is C17H24N2O5S2. The van der Waals surface area contributed by atoms with Gasteiger partial charge in [-0.2, -0.15) is 4.31 Å². The zero-order valence-electron chi connectivity index (χ0n) is 15.0. The maximum Gasteiger partial charge on any atom is 0.243 e. The van der Waals surface area contributed by atoms with Crippen molar-refractivity contribution in [3.63, 3.8) is 0 Å². The van der Waals surface area contributed by atoms with Crippen LogP contribution in [0, 0.1) is 6.92 Å². The van der Waals surface area contributed by atoms with E-state index in [1.165, 1.54) is 4.31 Å². The first-order chi connectivity index (χ1) is 12.3. The van der Waals surface area contributed by atoms with E-state index in [1.807, 2.05) is 0 Å². The molecule has 26 heavy (non-hydrogen) atoms. The Labute approximate surface area is 156 Å². The number of piperidine rings is 1. The van der Waals surface area contributed by atoms with Gasteiger partial charge in [-0.3, -0.25) is 9.00 Å². The lowest BCUT2D eigenvalue weighted by molar-refractivity contribution is -0.131. The van der Waals surface area contributed by atoms with Gasteiger partial charge < -0.3 is 9.64 Å². The number of rotatable bonds is 5. The van der Waals surface area contributed by atoms with Crippen LogP contribution in [0.3, 0.4) is 0 Å².